The Morgan fingerprint density at radius 2 is 2.00 bits per heavy atom. The third-order valence-corrected chi connectivity index (χ3v) is 3.18. The summed E-state index contributed by atoms with van der Waals surface area (Å²) in [6.07, 6.45) is 8.37. The molecule has 0 aromatic heterocycles. The lowest BCUT2D eigenvalue weighted by Crippen LogP contribution is -2.35. The van der Waals surface area contributed by atoms with E-state index in [2.05, 4.69) is 19.2 Å². The van der Waals surface area contributed by atoms with Gasteiger partial charge in [-0.2, -0.15) is 0 Å². The summed E-state index contributed by atoms with van der Waals surface area (Å²) in [5, 5.41) is 3.62. The molecule has 0 radical (unpaired) electrons. The Morgan fingerprint density at radius 3 is 2.50 bits per heavy atom. The summed E-state index contributed by atoms with van der Waals surface area (Å²) in [6.45, 7) is 5.89. The molecular formula is C11H23N. The average Bonchev–Trinajstić information content (AvgIpc) is 2.16. The van der Waals surface area contributed by atoms with E-state index in [1.165, 1.54) is 45.1 Å². The van der Waals surface area contributed by atoms with Crippen LogP contribution in [0.25, 0.3) is 0 Å². The first kappa shape index (κ1) is 10.0. The van der Waals surface area contributed by atoms with Gasteiger partial charge in [0.25, 0.3) is 0 Å². The van der Waals surface area contributed by atoms with E-state index in [4.69, 9.17) is 0 Å². The zero-order valence-electron chi connectivity index (χ0n) is 8.60. The molecule has 1 N–H and O–H groups in total. The van der Waals surface area contributed by atoms with Gasteiger partial charge in [0.05, 0.1) is 0 Å². The van der Waals surface area contributed by atoms with Gasteiger partial charge in [0.2, 0.25) is 0 Å². The lowest BCUT2D eigenvalue weighted by Gasteiger charge is -2.26. The summed E-state index contributed by atoms with van der Waals surface area (Å²) in [6, 6.07) is 0.837. The first-order valence-electron chi connectivity index (χ1n) is 5.60. The molecule has 1 aliphatic rings. The second-order valence-electron chi connectivity index (χ2n) is 4.07. The van der Waals surface area contributed by atoms with E-state index in [9.17, 15) is 0 Å². The van der Waals surface area contributed by atoms with E-state index in [1.807, 2.05) is 0 Å². The molecule has 0 aromatic rings. The van der Waals surface area contributed by atoms with Gasteiger partial charge in [0.15, 0.2) is 0 Å². The van der Waals surface area contributed by atoms with Crippen molar-refractivity contribution in [2.75, 3.05) is 6.54 Å². The molecule has 1 nitrogen and oxygen atoms in total. The van der Waals surface area contributed by atoms with Gasteiger partial charge in [-0.25, -0.2) is 0 Å². The van der Waals surface area contributed by atoms with Crippen molar-refractivity contribution in [3.8, 4) is 0 Å². The van der Waals surface area contributed by atoms with Crippen molar-refractivity contribution in [1.29, 1.82) is 0 Å². The highest BCUT2D eigenvalue weighted by Crippen LogP contribution is 2.19. The molecule has 12 heavy (non-hydrogen) atoms. The van der Waals surface area contributed by atoms with Gasteiger partial charge in [-0.1, -0.05) is 33.1 Å². The first-order valence-corrected chi connectivity index (χ1v) is 5.60. The fourth-order valence-corrected chi connectivity index (χ4v) is 2.15. The minimum atomic E-state index is 0.837. The van der Waals surface area contributed by atoms with Gasteiger partial charge in [-0.05, 0) is 31.7 Å². The molecule has 0 amide bonds. The zero-order valence-corrected chi connectivity index (χ0v) is 8.60. The second kappa shape index (κ2) is 5.58. The van der Waals surface area contributed by atoms with Crippen molar-refractivity contribution in [2.24, 2.45) is 5.92 Å². The zero-order chi connectivity index (χ0) is 8.81. The number of piperidine rings is 1. The quantitative estimate of drug-likeness (QED) is 0.682. The molecule has 1 saturated heterocycles. The topological polar surface area (TPSA) is 12.0 Å². The Morgan fingerprint density at radius 1 is 1.25 bits per heavy atom. The molecule has 1 fully saturated rings. The highest BCUT2D eigenvalue weighted by Gasteiger charge is 2.15. The largest absolute Gasteiger partial charge is 0.314 e. The monoisotopic (exact) mass is 169 g/mol. The molecule has 1 heteroatoms. The smallest absolute Gasteiger partial charge is 0.00697 e. The molecule has 0 saturated carbocycles. The average molecular weight is 169 g/mol. The molecule has 1 rings (SSSR count). The fraction of sp³-hybridized carbons (Fsp3) is 1.00. The van der Waals surface area contributed by atoms with Gasteiger partial charge < -0.3 is 5.32 Å². The van der Waals surface area contributed by atoms with Crippen molar-refractivity contribution in [1.82, 2.24) is 5.32 Å². The highest BCUT2D eigenvalue weighted by atomic mass is 14.9. The molecule has 1 aliphatic heterocycles. The van der Waals surface area contributed by atoms with Crippen LogP contribution in [0, 0.1) is 5.92 Å². The van der Waals surface area contributed by atoms with Crippen LogP contribution < -0.4 is 5.32 Å². The standard InChI is InChI=1S/C11H23N/c1-3-10(4-2)9-11-7-5-6-8-12-11/h10-12H,3-9H2,1-2H3. The minimum Gasteiger partial charge on any atom is -0.314 e. The summed E-state index contributed by atoms with van der Waals surface area (Å²) in [5.74, 6) is 0.959. The summed E-state index contributed by atoms with van der Waals surface area (Å²) < 4.78 is 0. The van der Waals surface area contributed by atoms with Gasteiger partial charge in [0, 0.05) is 6.04 Å². The number of rotatable bonds is 4. The molecule has 0 spiro atoms. The van der Waals surface area contributed by atoms with Crippen LogP contribution in [0.3, 0.4) is 0 Å². The Balaban J connectivity index is 2.18. The summed E-state index contributed by atoms with van der Waals surface area (Å²) in [4.78, 5) is 0. The normalized spacial score (nSPS) is 24.8. The molecule has 1 atom stereocenters. The maximum atomic E-state index is 3.62. The van der Waals surface area contributed by atoms with Crippen molar-refractivity contribution >= 4 is 0 Å². The van der Waals surface area contributed by atoms with Crippen LogP contribution in [0.4, 0.5) is 0 Å². The van der Waals surface area contributed by atoms with Crippen molar-refractivity contribution in [2.45, 2.75) is 58.4 Å². The minimum absolute atomic E-state index is 0.837. The van der Waals surface area contributed by atoms with E-state index >= 15 is 0 Å². The van der Waals surface area contributed by atoms with Crippen LogP contribution in [0.2, 0.25) is 0 Å². The lowest BCUT2D eigenvalue weighted by molar-refractivity contribution is 0.316. The van der Waals surface area contributed by atoms with E-state index in [0.29, 0.717) is 0 Å². The second-order valence-corrected chi connectivity index (χ2v) is 4.07. The first-order chi connectivity index (χ1) is 5.86. The third-order valence-electron chi connectivity index (χ3n) is 3.18. The van der Waals surface area contributed by atoms with Gasteiger partial charge in [0.1, 0.15) is 0 Å². The molecule has 0 bridgehead atoms. The van der Waals surface area contributed by atoms with Crippen molar-refractivity contribution in [3.63, 3.8) is 0 Å². The van der Waals surface area contributed by atoms with E-state index in [1.54, 1.807) is 0 Å². The molecule has 0 aromatic carbocycles. The Bertz CT molecular complexity index is 102. The van der Waals surface area contributed by atoms with Gasteiger partial charge in [-0.3, -0.25) is 0 Å². The van der Waals surface area contributed by atoms with Gasteiger partial charge >= 0.3 is 0 Å². The number of hydrogen-bond acceptors (Lipinski definition) is 1. The van der Waals surface area contributed by atoms with E-state index < -0.39 is 0 Å². The van der Waals surface area contributed by atoms with Crippen LogP contribution in [0.15, 0.2) is 0 Å². The Labute approximate surface area is 76.9 Å². The number of hydrogen-bond donors (Lipinski definition) is 1. The summed E-state index contributed by atoms with van der Waals surface area (Å²) >= 11 is 0. The van der Waals surface area contributed by atoms with Gasteiger partial charge in [-0.15, -0.1) is 0 Å². The third kappa shape index (κ3) is 3.14. The van der Waals surface area contributed by atoms with Crippen molar-refractivity contribution < 1.29 is 0 Å². The summed E-state index contributed by atoms with van der Waals surface area (Å²) in [7, 11) is 0. The van der Waals surface area contributed by atoms with E-state index in [-0.39, 0.29) is 0 Å². The van der Waals surface area contributed by atoms with Crippen molar-refractivity contribution in [3.05, 3.63) is 0 Å². The fourth-order valence-electron chi connectivity index (χ4n) is 2.15. The summed E-state index contributed by atoms with van der Waals surface area (Å²) in [5.41, 5.74) is 0. The molecule has 0 aliphatic carbocycles. The van der Waals surface area contributed by atoms with Crippen LogP contribution in [-0.4, -0.2) is 12.6 Å². The van der Waals surface area contributed by atoms with Crippen LogP contribution in [0.5, 0.6) is 0 Å². The predicted molar refractivity (Wildman–Crippen MR) is 54.3 cm³/mol. The van der Waals surface area contributed by atoms with Crippen LogP contribution in [0.1, 0.15) is 52.4 Å². The molecular weight excluding hydrogens is 146 g/mol. The van der Waals surface area contributed by atoms with Crippen LogP contribution >= 0.6 is 0 Å². The lowest BCUT2D eigenvalue weighted by atomic mass is 9.91. The maximum Gasteiger partial charge on any atom is 0.00697 e. The Kier molecular flexibility index (Phi) is 4.67. The Hall–Kier alpha value is -0.0400. The maximum absolute atomic E-state index is 3.62. The van der Waals surface area contributed by atoms with E-state index in [0.717, 1.165) is 12.0 Å². The SMILES string of the molecule is CCC(CC)CC1CCCCN1. The highest BCUT2D eigenvalue weighted by molar-refractivity contribution is 4.74. The van der Waals surface area contributed by atoms with Crippen LogP contribution in [-0.2, 0) is 0 Å². The molecule has 72 valence electrons. The number of nitrogens with one attached hydrogen (secondary N) is 1. The molecule has 1 unspecified atom stereocenters. The molecule has 1 heterocycles. The predicted octanol–water partition coefficient (Wildman–Crippen LogP) is 2.95.